The van der Waals surface area contributed by atoms with Crippen molar-refractivity contribution in [2.75, 3.05) is 0 Å². The predicted molar refractivity (Wildman–Crippen MR) is 71.6 cm³/mol. The van der Waals surface area contributed by atoms with E-state index in [-0.39, 0.29) is 5.69 Å². The number of hydrogen-bond acceptors (Lipinski definition) is 4. The highest BCUT2D eigenvalue weighted by molar-refractivity contribution is 5.81. The van der Waals surface area contributed by atoms with E-state index in [0.717, 1.165) is 16.5 Å². The Hall–Kier alpha value is -2.82. The highest BCUT2D eigenvalue weighted by Gasteiger charge is 2.07. The topological polar surface area (TPSA) is 68.9 Å². The molecule has 0 N–H and O–H groups in total. The lowest BCUT2D eigenvalue weighted by Crippen LogP contribution is -1.90. The van der Waals surface area contributed by atoms with Crippen LogP contribution in [-0.4, -0.2) is 15.1 Å². The van der Waals surface area contributed by atoms with Crippen LogP contribution in [0.5, 0.6) is 0 Å². The van der Waals surface area contributed by atoms with Crippen molar-refractivity contribution in [3.8, 4) is 11.3 Å². The van der Waals surface area contributed by atoms with Crippen LogP contribution in [-0.2, 0) is 0 Å². The smallest absolute Gasteiger partial charge is 0.258 e. The Morgan fingerprint density at radius 1 is 0.947 bits per heavy atom. The van der Waals surface area contributed by atoms with E-state index in [1.165, 1.54) is 12.1 Å². The van der Waals surface area contributed by atoms with Gasteiger partial charge < -0.3 is 0 Å². The Morgan fingerprint density at radius 2 is 1.68 bits per heavy atom. The van der Waals surface area contributed by atoms with Gasteiger partial charge in [0.1, 0.15) is 0 Å². The van der Waals surface area contributed by atoms with Crippen molar-refractivity contribution < 1.29 is 4.92 Å². The minimum atomic E-state index is -0.421. The minimum Gasteiger partial charge on any atom is -0.258 e. The summed E-state index contributed by atoms with van der Waals surface area (Å²) in [5, 5.41) is 19.9. The molecule has 0 aliphatic carbocycles. The summed E-state index contributed by atoms with van der Waals surface area (Å²) in [5.41, 5.74) is 2.41. The van der Waals surface area contributed by atoms with Crippen molar-refractivity contribution in [1.29, 1.82) is 0 Å². The van der Waals surface area contributed by atoms with Crippen molar-refractivity contribution in [3.63, 3.8) is 0 Å². The summed E-state index contributed by atoms with van der Waals surface area (Å²) in [6, 6.07) is 15.9. The summed E-state index contributed by atoms with van der Waals surface area (Å²) in [7, 11) is 0. The summed E-state index contributed by atoms with van der Waals surface area (Å²) in [4.78, 5) is 10.2. The molecule has 1 heterocycles. The van der Waals surface area contributed by atoms with E-state index >= 15 is 0 Å². The van der Waals surface area contributed by atoms with E-state index < -0.39 is 4.92 Å². The maximum absolute atomic E-state index is 10.6. The van der Waals surface area contributed by atoms with Crippen molar-refractivity contribution in [2.24, 2.45) is 0 Å². The molecule has 3 rings (SSSR count). The van der Waals surface area contributed by atoms with Gasteiger partial charge in [0.05, 0.1) is 16.1 Å². The first kappa shape index (κ1) is 11.3. The van der Waals surface area contributed by atoms with Gasteiger partial charge in [0.15, 0.2) is 0 Å². The summed E-state index contributed by atoms with van der Waals surface area (Å²) in [6.07, 6.45) is 0. The van der Waals surface area contributed by atoms with E-state index in [9.17, 15) is 10.1 Å². The van der Waals surface area contributed by atoms with Gasteiger partial charge in [0, 0.05) is 23.1 Å². The molecule has 0 bridgehead atoms. The average molecular weight is 251 g/mol. The van der Waals surface area contributed by atoms with Crippen LogP contribution < -0.4 is 0 Å². The van der Waals surface area contributed by atoms with Crippen molar-refractivity contribution in [3.05, 3.63) is 64.7 Å². The van der Waals surface area contributed by atoms with E-state index in [0.29, 0.717) is 5.69 Å². The Kier molecular flexibility index (Phi) is 2.64. The zero-order valence-corrected chi connectivity index (χ0v) is 9.85. The lowest BCUT2D eigenvalue weighted by atomic mass is 10.1. The molecule has 1 aromatic heterocycles. The van der Waals surface area contributed by atoms with Gasteiger partial charge in [-0.2, -0.15) is 0 Å². The van der Waals surface area contributed by atoms with Crippen LogP contribution in [0, 0.1) is 10.1 Å². The number of non-ortho nitro benzene ring substituents is 1. The Bertz CT molecular complexity index is 754. The third-order valence-electron chi connectivity index (χ3n) is 2.87. The second kappa shape index (κ2) is 4.45. The molecule has 0 amide bonds. The van der Waals surface area contributed by atoms with Gasteiger partial charge in [-0.15, -0.1) is 10.2 Å². The second-order valence-corrected chi connectivity index (χ2v) is 4.09. The minimum absolute atomic E-state index is 0.0671. The van der Waals surface area contributed by atoms with Crippen LogP contribution in [0.3, 0.4) is 0 Å². The van der Waals surface area contributed by atoms with Gasteiger partial charge >= 0.3 is 0 Å². The first-order valence-corrected chi connectivity index (χ1v) is 5.71. The third kappa shape index (κ3) is 2.13. The van der Waals surface area contributed by atoms with Gasteiger partial charge in [0.2, 0.25) is 0 Å². The molecule has 5 heteroatoms. The van der Waals surface area contributed by atoms with E-state index in [1.54, 1.807) is 12.1 Å². The molecule has 19 heavy (non-hydrogen) atoms. The van der Waals surface area contributed by atoms with E-state index in [1.807, 2.05) is 30.3 Å². The van der Waals surface area contributed by atoms with Crippen LogP contribution in [0.4, 0.5) is 5.69 Å². The number of hydrogen-bond donors (Lipinski definition) is 0. The van der Waals surface area contributed by atoms with Crippen molar-refractivity contribution in [1.82, 2.24) is 10.2 Å². The quantitative estimate of drug-likeness (QED) is 0.518. The zero-order valence-electron chi connectivity index (χ0n) is 9.85. The highest BCUT2D eigenvalue weighted by atomic mass is 16.6. The summed E-state index contributed by atoms with van der Waals surface area (Å²) in [6.45, 7) is 0. The zero-order chi connectivity index (χ0) is 13.2. The molecule has 0 aliphatic heterocycles. The molecule has 92 valence electrons. The number of benzene rings is 2. The average Bonchev–Trinajstić information content (AvgIpc) is 2.47. The Labute approximate surface area is 108 Å². The fourth-order valence-corrected chi connectivity index (χ4v) is 1.88. The molecule has 0 saturated carbocycles. The maximum Gasteiger partial charge on any atom is 0.269 e. The standard InChI is InChI=1S/C14H9N3O2/c18-17(19)12-7-5-10(6-8-12)14-9-11-3-1-2-4-13(11)15-16-14/h1-9H. The van der Waals surface area contributed by atoms with E-state index in [4.69, 9.17) is 0 Å². The van der Waals surface area contributed by atoms with Crippen LogP contribution in [0.1, 0.15) is 0 Å². The number of aromatic nitrogens is 2. The molecule has 5 nitrogen and oxygen atoms in total. The monoisotopic (exact) mass is 251 g/mol. The van der Waals surface area contributed by atoms with Crippen LogP contribution >= 0.6 is 0 Å². The van der Waals surface area contributed by atoms with Gasteiger partial charge in [0.25, 0.3) is 5.69 Å². The van der Waals surface area contributed by atoms with Crippen molar-refractivity contribution in [2.45, 2.75) is 0 Å². The summed E-state index contributed by atoms with van der Waals surface area (Å²) >= 11 is 0. The normalized spacial score (nSPS) is 10.5. The molecule has 2 aromatic carbocycles. The highest BCUT2D eigenvalue weighted by Crippen LogP contribution is 2.22. The lowest BCUT2D eigenvalue weighted by molar-refractivity contribution is -0.384. The predicted octanol–water partition coefficient (Wildman–Crippen LogP) is 3.21. The third-order valence-corrected chi connectivity index (χ3v) is 2.87. The number of nitro groups is 1. The van der Waals surface area contributed by atoms with Gasteiger partial charge in [-0.1, -0.05) is 18.2 Å². The Morgan fingerprint density at radius 3 is 2.42 bits per heavy atom. The summed E-state index contributed by atoms with van der Waals surface area (Å²) < 4.78 is 0. The molecule has 0 aliphatic rings. The van der Waals surface area contributed by atoms with Gasteiger partial charge in [-0.05, 0) is 24.3 Å². The molecule has 0 unspecified atom stereocenters. The molecule has 0 spiro atoms. The van der Waals surface area contributed by atoms with E-state index in [2.05, 4.69) is 10.2 Å². The molecule has 0 atom stereocenters. The second-order valence-electron chi connectivity index (χ2n) is 4.09. The fourth-order valence-electron chi connectivity index (χ4n) is 1.88. The molecule has 3 aromatic rings. The fraction of sp³-hybridized carbons (Fsp3) is 0. The largest absolute Gasteiger partial charge is 0.269 e. The number of fused-ring (bicyclic) bond motifs is 1. The van der Waals surface area contributed by atoms with Crippen LogP contribution in [0.15, 0.2) is 54.6 Å². The Balaban J connectivity index is 2.06. The molecule has 0 saturated heterocycles. The van der Waals surface area contributed by atoms with Crippen LogP contribution in [0.2, 0.25) is 0 Å². The van der Waals surface area contributed by atoms with Crippen molar-refractivity contribution >= 4 is 16.6 Å². The molecular formula is C14H9N3O2. The lowest BCUT2D eigenvalue weighted by Gasteiger charge is -2.01. The number of rotatable bonds is 2. The first-order valence-electron chi connectivity index (χ1n) is 5.71. The number of nitrogens with zero attached hydrogens (tertiary/aromatic N) is 3. The van der Waals surface area contributed by atoms with Gasteiger partial charge in [-0.3, -0.25) is 10.1 Å². The molecule has 0 fully saturated rings. The first-order chi connectivity index (χ1) is 9.24. The summed E-state index contributed by atoms with van der Waals surface area (Å²) in [5.74, 6) is 0. The molecule has 0 radical (unpaired) electrons. The van der Waals surface area contributed by atoms with Crippen LogP contribution in [0.25, 0.3) is 22.2 Å². The molecular weight excluding hydrogens is 242 g/mol. The maximum atomic E-state index is 10.6. The number of nitro benzene ring substituents is 1. The van der Waals surface area contributed by atoms with Gasteiger partial charge in [-0.25, -0.2) is 0 Å². The SMILES string of the molecule is O=[N+]([O-])c1ccc(-c2cc3ccccc3nn2)cc1.